The van der Waals surface area contributed by atoms with E-state index in [1.165, 1.54) is 5.56 Å². The van der Waals surface area contributed by atoms with Crippen molar-refractivity contribution in [2.45, 2.75) is 6.92 Å². The third-order valence-electron chi connectivity index (χ3n) is 1.76. The Morgan fingerprint density at radius 1 is 1.42 bits per heavy atom. The average molecular weight is 223 g/mol. The summed E-state index contributed by atoms with van der Waals surface area (Å²) in [6.45, 7) is 2.05. The molecule has 2 rings (SSSR count). The van der Waals surface area contributed by atoms with Crippen LogP contribution >= 0.6 is 15.9 Å². The molecule has 0 aliphatic rings. The monoisotopic (exact) mass is 222 g/mol. The van der Waals surface area contributed by atoms with E-state index in [1.807, 2.05) is 18.2 Å². The Labute approximate surface area is 78.8 Å². The van der Waals surface area contributed by atoms with Gasteiger partial charge in [0.1, 0.15) is 4.60 Å². The second-order valence-electron chi connectivity index (χ2n) is 2.64. The Kier molecular flexibility index (Phi) is 1.81. The molecule has 0 unspecified atom stereocenters. The summed E-state index contributed by atoms with van der Waals surface area (Å²) >= 11 is 3.33. The molecule has 0 spiro atoms. The lowest BCUT2D eigenvalue weighted by Crippen LogP contribution is -1.86. The summed E-state index contributed by atoms with van der Waals surface area (Å²) in [5, 5.41) is 1.11. The van der Waals surface area contributed by atoms with Gasteiger partial charge in [-0.15, -0.1) is 0 Å². The fourth-order valence-corrected chi connectivity index (χ4v) is 1.70. The normalized spacial score (nSPS) is 10.5. The molecule has 0 atom stereocenters. The molecule has 0 N–H and O–H groups in total. The lowest BCUT2D eigenvalue weighted by atomic mass is 10.2. The number of fused-ring (bicyclic) bond motifs is 1. The summed E-state index contributed by atoms with van der Waals surface area (Å²) in [6, 6.07) is 5.94. The summed E-state index contributed by atoms with van der Waals surface area (Å²) in [5.41, 5.74) is 1.99. The topological polar surface area (TPSA) is 25.8 Å². The largest absolute Gasteiger partial charge is 0.237 e. The molecule has 2 nitrogen and oxygen atoms in total. The molecule has 60 valence electrons. The highest BCUT2D eigenvalue weighted by Crippen LogP contribution is 2.17. The van der Waals surface area contributed by atoms with Gasteiger partial charge in [0.2, 0.25) is 0 Å². The van der Waals surface area contributed by atoms with Crippen LogP contribution in [-0.2, 0) is 0 Å². The van der Waals surface area contributed by atoms with Crippen LogP contribution in [0.25, 0.3) is 11.0 Å². The minimum absolute atomic E-state index is 0.796. The lowest BCUT2D eigenvalue weighted by molar-refractivity contribution is 1.24. The Morgan fingerprint density at radius 3 is 3.08 bits per heavy atom. The van der Waals surface area contributed by atoms with Crippen molar-refractivity contribution in [3.05, 3.63) is 34.6 Å². The zero-order valence-corrected chi connectivity index (χ0v) is 8.17. The maximum absolute atomic E-state index is 4.24. The molecule has 0 aliphatic carbocycles. The average Bonchev–Trinajstić information content (AvgIpc) is 2.04. The van der Waals surface area contributed by atoms with Crippen LogP contribution in [0.15, 0.2) is 29.0 Å². The Morgan fingerprint density at radius 2 is 2.25 bits per heavy atom. The van der Waals surface area contributed by atoms with Gasteiger partial charge in [-0.05, 0) is 46.6 Å². The molecule has 3 heteroatoms. The van der Waals surface area contributed by atoms with Crippen LogP contribution in [0, 0.1) is 6.92 Å². The van der Waals surface area contributed by atoms with E-state index in [0.717, 1.165) is 15.6 Å². The van der Waals surface area contributed by atoms with E-state index in [9.17, 15) is 0 Å². The van der Waals surface area contributed by atoms with Gasteiger partial charge in [0.25, 0.3) is 0 Å². The van der Waals surface area contributed by atoms with E-state index in [0.29, 0.717) is 0 Å². The number of nitrogens with zero attached hydrogens (tertiary/aromatic N) is 2. The van der Waals surface area contributed by atoms with Crippen LogP contribution in [0.1, 0.15) is 5.56 Å². The molecule has 2 heterocycles. The molecule has 2 aromatic rings. The number of aryl methyl sites for hydroxylation is 1. The van der Waals surface area contributed by atoms with Gasteiger partial charge in [0.05, 0.1) is 0 Å². The molecule has 0 saturated carbocycles. The lowest BCUT2D eigenvalue weighted by Gasteiger charge is -1.99. The number of aromatic nitrogens is 2. The van der Waals surface area contributed by atoms with Gasteiger partial charge in [0.15, 0.2) is 5.65 Å². The number of hydrogen-bond acceptors (Lipinski definition) is 2. The predicted molar refractivity (Wildman–Crippen MR) is 52.0 cm³/mol. The zero-order valence-electron chi connectivity index (χ0n) is 6.58. The van der Waals surface area contributed by atoms with Crippen molar-refractivity contribution in [3.8, 4) is 0 Å². The molecule has 2 aromatic heterocycles. The van der Waals surface area contributed by atoms with Crippen LogP contribution in [-0.4, -0.2) is 9.97 Å². The van der Waals surface area contributed by atoms with Crippen molar-refractivity contribution in [2.75, 3.05) is 0 Å². The van der Waals surface area contributed by atoms with Gasteiger partial charge in [-0.2, -0.15) is 0 Å². The van der Waals surface area contributed by atoms with Crippen molar-refractivity contribution >= 4 is 27.0 Å². The number of halogens is 1. The number of pyridine rings is 2. The first-order valence-electron chi connectivity index (χ1n) is 3.65. The molecule has 0 amide bonds. The molecule has 0 aliphatic heterocycles. The van der Waals surface area contributed by atoms with Gasteiger partial charge in [-0.25, -0.2) is 9.97 Å². The first-order chi connectivity index (χ1) is 5.77. The fraction of sp³-hybridized carbons (Fsp3) is 0.111. The smallest absolute Gasteiger partial charge is 0.160 e. The molecule has 12 heavy (non-hydrogen) atoms. The van der Waals surface area contributed by atoms with Gasteiger partial charge < -0.3 is 0 Å². The molecule has 0 radical (unpaired) electrons. The Balaban J connectivity index is 2.89. The summed E-state index contributed by atoms with van der Waals surface area (Å²) in [6.07, 6.45) is 1.75. The molecule has 0 saturated heterocycles. The first-order valence-corrected chi connectivity index (χ1v) is 4.44. The van der Waals surface area contributed by atoms with E-state index in [2.05, 4.69) is 32.8 Å². The van der Waals surface area contributed by atoms with Crippen molar-refractivity contribution in [2.24, 2.45) is 0 Å². The van der Waals surface area contributed by atoms with Gasteiger partial charge in [-0.3, -0.25) is 0 Å². The van der Waals surface area contributed by atoms with Crippen molar-refractivity contribution in [1.82, 2.24) is 9.97 Å². The zero-order chi connectivity index (χ0) is 8.55. The van der Waals surface area contributed by atoms with E-state index >= 15 is 0 Å². The quantitative estimate of drug-likeness (QED) is 0.641. The fourth-order valence-electron chi connectivity index (χ4n) is 1.18. The van der Waals surface area contributed by atoms with E-state index in [-0.39, 0.29) is 0 Å². The highest BCUT2D eigenvalue weighted by atomic mass is 79.9. The molecular weight excluding hydrogens is 216 g/mol. The van der Waals surface area contributed by atoms with E-state index in [4.69, 9.17) is 0 Å². The predicted octanol–water partition coefficient (Wildman–Crippen LogP) is 2.70. The Bertz CT molecular complexity index is 426. The highest BCUT2D eigenvalue weighted by Gasteiger charge is 1.99. The summed E-state index contributed by atoms with van der Waals surface area (Å²) in [4.78, 5) is 8.40. The minimum Gasteiger partial charge on any atom is -0.237 e. The molecule has 0 aromatic carbocycles. The summed E-state index contributed by atoms with van der Waals surface area (Å²) < 4.78 is 0.839. The number of hydrogen-bond donors (Lipinski definition) is 0. The van der Waals surface area contributed by atoms with E-state index in [1.54, 1.807) is 6.20 Å². The standard InChI is InChI=1S/C9H7BrN2/c1-6-5-8(10)12-9-7(6)3-2-4-11-9/h2-5H,1H3. The van der Waals surface area contributed by atoms with Gasteiger partial charge in [0, 0.05) is 11.6 Å². The van der Waals surface area contributed by atoms with Crippen molar-refractivity contribution < 1.29 is 0 Å². The molecular formula is C9H7BrN2. The third kappa shape index (κ3) is 1.20. The summed E-state index contributed by atoms with van der Waals surface area (Å²) in [5.74, 6) is 0. The Hall–Kier alpha value is -0.960. The highest BCUT2D eigenvalue weighted by molar-refractivity contribution is 9.10. The van der Waals surface area contributed by atoms with Gasteiger partial charge in [-0.1, -0.05) is 0 Å². The number of rotatable bonds is 0. The van der Waals surface area contributed by atoms with Crippen LogP contribution in [0.2, 0.25) is 0 Å². The van der Waals surface area contributed by atoms with Crippen LogP contribution in [0.3, 0.4) is 0 Å². The maximum atomic E-state index is 4.24. The molecule has 0 fully saturated rings. The second kappa shape index (κ2) is 2.83. The maximum Gasteiger partial charge on any atom is 0.160 e. The first kappa shape index (κ1) is 7.68. The van der Waals surface area contributed by atoms with E-state index < -0.39 is 0 Å². The van der Waals surface area contributed by atoms with Gasteiger partial charge >= 0.3 is 0 Å². The van der Waals surface area contributed by atoms with Crippen molar-refractivity contribution in [3.63, 3.8) is 0 Å². The second-order valence-corrected chi connectivity index (χ2v) is 3.45. The van der Waals surface area contributed by atoms with Crippen LogP contribution in [0.5, 0.6) is 0 Å². The summed E-state index contributed by atoms with van der Waals surface area (Å²) in [7, 11) is 0. The van der Waals surface area contributed by atoms with Crippen LogP contribution in [0.4, 0.5) is 0 Å². The molecule has 0 bridgehead atoms. The van der Waals surface area contributed by atoms with Crippen LogP contribution < -0.4 is 0 Å². The van der Waals surface area contributed by atoms with Crippen molar-refractivity contribution in [1.29, 1.82) is 0 Å². The minimum atomic E-state index is 0.796. The third-order valence-corrected chi connectivity index (χ3v) is 2.17. The SMILES string of the molecule is Cc1cc(Br)nc2ncccc12.